The van der Waals surface area contributed by atoms with E-state index in [4.69, 9.17) is 0 Å². The zero-order valence-corrected chi connectivity index (χ0v) is 13.8. The Morgan fingerprint density at radius 1 is 1.25 bits per heavy atom. The van der Waals surface area contributed by atoms with Crippen molar-refractivity contribution in [3.63, 3.8) is 0 Å². The van der Waals surface area contributed by atoms with Gasteiger partial charge in [0.05, 0.1) is 23.5 Å². The number of hydrogen-bond acceptors (Lipinski definition) is 5. The van der Waals surface area contributed by atoms with Crippen LogP contribution in [0.4, 0.5) is 11.5 Å². The maximum absolute atomic E-state index is 12.0. The second-order valence-electron chi connectivity index (χ2n) is 6.06. The lowest BCUT2D eigenvalue weighted by atomic mass is 9.97. The second-order valence-corrected chi connectivity index (χ2v) is 6.06. The molecule has 0 fully saturated rings. The summed E-state index contributed by atoms with van der Waals surface area (Å²) < 4.78 is 1.76. The number of para-hydroxylation sites is 1. The molecule has 4 rings (SSSR count). The molecule has 1 aliphatic rings. The smallest absolute Gasteiger partial charge is 0.226 e. The van der Waals surface area contributed by atoms with Crippen LogP contribution in [-0.4, -0.2) is 25.7 Å². The summed E-state index contributed by atoms with van der Waals surface area (Å²) in [5.41, 5.74) is 3.55. The van der Waals surface area contributed by atoms with Gasteiger partial charge >= 0.3 is 0 Å². The highest BCUT2D eigenvalue weighted by Crippen LogP contribution is 2.34. The quantitative estimate of drug-likeness (QED) is 0.757. The van der Waals surface area contributed by atoms with Gasteiger partial charge < -0.3 is 10.6 Å². The third kappa shape index (κ3) is 2.29. The highest BCUT2D eigenvalue weighted by atomic mass is 16.1. The van der Waals surface area contributed by atoms with E-state index in [1.54, 1.807) is 4.68 Å². The van der Waals surface area contributed by atoms with Crippen LogP contribution in [-0.2, 0) is 11.8 Å². The van der Waals surface area contributed by atoms with E-state index in [0.29, 0.717) is 12.2 Å². The molecule has 24 heavy (non-hydrogen) atoms. The number of carbonyl (C=O) groups excluding carboxylic acids is 1. The minimum Gasteiger partial charge on any atom is -0.362 e. The number of anilines is 2. The molecule has 0 aliphatic carbocycles. The van der Waals surface area contributed by atoms with E-state index >= 15 is 0 Å². The Balaban J connectivity index is 1.82. The normalized spacial score (nSPS) is 16.8. The van der Waals surface area contributed by atoms with Gasteiger partial charge in [-0.25, -0.2) is 9.97 Å². The monoisotopic (exact) mass is 322 g/mol. The molecule has 7 heteroatoms. The largest absolute Gasteiger partial charge is 0.362 e. The predicted octanol–water partition coefficient (Wildman–Crippen LogP) is 2.48. The number of carbonyl (C=O) groups is 1. The van der Waals surface area contributed by atoms with E-state index in [2.05, 4.69) is 25.7 Å². The van der Waals surface area contributed by atoms with Gasteiger partial charge in [0, 0.05) is 12.7 Å². The standard InChI is InChI=1S/C17H18N6O/c1-9-15-16(18-10(2)19-17(15)23(3)22-9)21-13-8-14(24)20-12-7-5-4-6-11(12)13/h4-7,13H,8H2,1-3H3,(H,20,24)(H,18,19,21). The van der Waals surface area contributed by atoms with Crippen molar-refractivity contribution >= 4 is 28.4 Å². The van der Waals surface area contributed by atoms with E-state index in [9.17, 15) is 4.79 Å². The number of benzene rings is 1. The highest BCUT2D eigenvalue weighted by molar-refractivity contribution is 5.96. The summed E-state index contributed by atoms with van der Waals surface area (Å²) in [6, 6.07) is 7.69. The lowest BCUT2D eigenvalue weighted by molar-refractivity contribution is -0.116. The Hall–Kier alpha value is -2.96. The van der Waals surface area contributed by atoms with E-state index in [0.717, 1.165) is 33.8 Å². The van der Waals surface area contributed by atoms with Crippen molar-refractivity contribution in [2.45, 2.75) is 26.3 Å². The van der Waals surface area contributed by atoms with E-state index < -0.39 is 0 Å². The third-order valence-electron chi connectivity index (χ3n) is 4.28. The number of aryl methyl sites for hydroxylation is 3. The summed E-state index contributed by atoms with van der Waals surface area (Å²) in [6.45, 7) is 3.79. The molecule has 1 amide bonds. The molecular weight excluding hydrogens is 304 g/mol. The van der Waals surface area contributed by atoms with Crippen LogP contribution in [0, 0.1) is 13.8 Å². The van der Waals surface area contributed by atoms with Crippen LogP contribution >= 0.6 is 0 Å². The molecule has 1 atom stereocenters. The molecule has 7 nitrogen and oxygen atoms in total. The van der Waals surface area contributed by atoms with E-state index in [1.165, 1.54) is 0 Å². The molecule has 0 saturated heterocycles. The van der Waals surface area contributed by atoms with Crippen LogP contribution in [0.5, 0.6) is 0 Å². The Morgan fingerprint density at radius 2 is 2.04 bits per heavy atom. The van der Waals surface area contributed by atoms with Gasteiger partial charge in [-0.15, -0.1) is 0 Å². The first kappa shape index (κ1) is 14.6. The molecule has 2 N–H and O–H groups in total. The Morgan fingerprint density at radius 3 is 2.88 bits per heavy atom. The first-order valence-corrected chi connectivity index (χ1v) is 7.86. The van der Waals surface area contributed by atoms with Crippen LogP contribution in [0.15, 0.2) is 24.3 Å². The summed E-state index contributed by atoms with van der Waals surface area (Å²) in [5, 5.41) is 11.7. The van der Waals surface area contributed by atoms with Crippen molar-refractivity contribution in [1.29, 1.82) is 0 Å². The van der Waals surface area contributed by atoms with Crippen molar-refractivity contribution in [2.75, 3.05) is 10.6 Å². The molecule has 1 aliphatic heterocycles. The molecular formula is C17H18N6O. The first-order valence-electron chi connectivity index (χ1n) is 7.86. The maximum atomic E-state index is 12.0. The topological polar surface area (TPSA) is 84.7 Å². The molecule has 1 unspecified atom stereocenters. The summed E-state index contributed by atoms with van der Waals surface area (Å²) in [7, 11) is 1.87. The van der Waals surface area contributed by atoms with Crippen molar-refractivity contribution in [3.05, 3.63) is 41.3 Å². The van der Waals surface area contributed by atoms with Crippen molar-refractivity contribution < 1.29 is 4.79 Å². The number of nitrogens with zero attached hydrogens (tertiary/aromatic N) is 4. The molecule has 0 radical (unpaired) electrons. The fraction of sp³-hybridized carbons (Fsp3) is 0.294. The molecule has 0 bridgehead atoms. The van der Waals surface area contributed by atoms with Crippen LogP contribution in [0.2, 0.25) is 0 Å². The van der Waals surface area contributed by atoms with Crippen LogP contribution in [0.1, 0.15) is 29.5 Å². The summed E-state index contributed by atoms with van der Waals surface area (Å²) in [4.78, 5) is 21.1. The lowest BCUT2D eigenvalue weighted by Gasteiger charge is -2.27. The fourth-order valence-corrected chi connectivity index (χ4v) is 3.26. The van der Waals surface area contributed by atoms with Crippen molar-refractivity contribution in [3.8, 4) is 0 Å². The average Bonchev–Trinajstić information content (AvgIpc) is 2.81. The summed E-state index contributed by atoms with van der Waals surface area (Å²) >= 11 is 0. The van der Waals surface area contributed by atoms with Gasteiger partial charge in [-0.1, -0.05) is 18.2 Å². The number of amides is 1. The van der Waals surface area contributed by atoms with Crippen LogP contribution in [0.25, 0.3) is 11.0 Å². The van der Waals surface area contributed by atoms with Gasteiger partial charge in [-0.3, -0.25) is 9.48 Å². The molecule has 1 aromatic carbocycles. The number of fused-ring (bicyclic) bond motifs is 2. The van der Waals surface area contributed by atoms with E-state index in [1.807, 2.05) is 45.2 Å². The second kappa shape index (κ2) is 5.30. The Bertz CT molecular complexity index is 961. The van der Waals surface area contributed by atoms with Gasteiger partial charge in [0.25, 0.3) is 0 Å². The minimum atomic E-state index is -0.132. The molecule has 2 aromatic heterocycles. The number of aromatic nitrogens is 4. The van der Waals surface area contributed by atoms with Crippen LogP contribution in [0.3, 0.4) is 0 Å². The average molecular weight is 322 g/mol. The Labute approximate surface area is 139 Å². The van der Waals surface area contributed by atoms with Crippen LogP contribution < -0.4 is 10.6 Å². The van der Waals surface area contributed by atoms with E-state index in [-0.39, 0.29) is 11.9 Å². The maximum Gasteiger partial charge on any atom is 0.226 e. The summed E-state index contributed by atoms with van der Waals surface area (Å²) in [6.07, 6.45) is 0.362. The minimum absolute atomic E-state index is 0.00358. The molecule has 0 spiro atoms. The van der Waals surface area contributed by atoms with Crippen molar-refractivity contribution in [1.82, 2.24) is 19.7 Å². The zero-order valence-electron chi connectivity index (χ0n) is 13.8. The number of rotatable bonds is 2. The predicted molar refractivity (Wildman–Crippen MR) is 91.8 cm³/mol. The van der Waals surface area contributed by atoms with Crippen molar-refractivity contribution in [2.24, 2.45) is 7.05 Å². The van der Waals surface area contributed by atoms with Gasteiger partial charge in [-0.2, -0.15) is 5.10 Å². The zero-order chi connectivity index (χ0) is 16.8. The molecule has 3 heterocycles. The lowest BCUT2D eigenvalue weighted by Crippen LogP contribution is -2.27. The Kier molecular flexibility index (Phi) is 3.23. The van der Waals surface area contributed by atoms with Gasteiger partial charge in [-0.05, 0) is 25.5 Å². The molecule has 0 saturated carbocycles. The third-order valence-corrected chi connectivity index (χ3v) is 4.28. The summed E-state index contributed by atoms with van der Waals surface area (Å²) in [5.74, 6) is 1.38. The fourth-order valence-electron chi connectivity index (χ4n) is 3.26. The van der Waals surface area contributed by atoms with Gasteiger partial charge in [0.1, 0.15) is 11.6 Å². The van der Waals surface area contributed by atoms with Gasteiger partial charge in [0.2, 0.25) is 5.91 Å². The molecule has 122 valence electrons. The SMILES string of the molecule is Cc1nc(NC2CC(=O)Nc3ccccc32)c2c(C)nn(C)c2n1. The number of nitrogens with one attached hydrogen (secondary N) is 2. The highest BCUT2D eigenvalue weighted by Gasteiger charge is 2.26. The number of hydrogen-bond donors (Lipinski definition) is 2. The van der Waals surface area contributed by atoms with Gasteiger partial charge in [0.15, 0.2) is 5.65 Å². The first-order chi connectivity index (χ1) is 11.5. The molecule has 3 aromatic rings.